The van der Waals surface area contributed by atoms with Crippen LogP contribution in [0.5, 0.6) is 0 Å². The Morgan fingerprint density at radius 2 is 2.00 bits per heavy atom. The topological polar surface area (TPSA) is 86.1 Å². The summed E-state index contributed by atoms with van der Waals surface area (Å²) in [4.78, 5) is 5.02. The number of pyridine rings is 1. The fraction of sp³-hybridized carbons (Fsp3) is 0.333. The van der Waals surface area contributed by atoms with Crippen molar-refractivity contribution in [3.8, 4) is 6.07 Å². The lowest BCUT2D eigenvalue weighted by atomic mass is 10.3. The third kappa shape index (κ3) is 4.07. The van der Waals surface area contributed by atoms with Crippen LogP contribution in [-0.2, 0) is 16.6 Å². The highest BCUT2D eigenvalue weighted by molar-refractivity contribution is 7.91. The average Bonchev–Trinajstić information content (AvgIpc) is 3.04. The monoisotopic (exact) mass is 350 g/mol. The first-order valence-electron chi connectivity index (χ1n) is 7.20. The molecule has 0 unspecified atom stereocenters. The molecule has 2 aromatic heterocycles. The third-order valence-electron chi connectivity index (χ3n) is 3.27. The van der Waals surface area contributed by atoms with Crippen molar-refractivity contribution in [2.24, 2.45) is 0 Å². The molecule has 0 aromatic carbocycles. The van der Waals surface area contributed by atoms with Crippen molar-refractivity contribution in [1.29, 1.82) is 5.26 Å². The molecule has 0 spiro atoms. The Kier molecular flexibility index (Phi) is 5.71. The van der Waals surface area contributed by atoms with Gasteiger partial charge in [-0.15, -0.1) is 11.3 Å². The van der Waals surface area contributed by atoms with Gasteiger partial charge in [-0.05, 0) is 24.3 Å². The smallest absolute Gasteiger partial charge is 0.252 e. The Morgan fingerprint density at radius 1 is 1.26 bits per heavy atom. The normalized spacial score (nSPS) is 11.4. The third-order valence-corrected chi connectivity index (χ3v) is 6.88. The molecule has 2 aromatic rings. The van der Waals surface area contributed by atoms with E-state index in [-0.39, 0.29) is 0 Å². The van der Waals surface area contributed by atoms with Crippen LogP contribution in [0.15, 0.2) is 34.7 Å². The van der Waals surface area contributed by atoms with Crippen molar-refractivity contribution >= 4 is 27.2 Å². The van der Waals surface area contributed by atoms with Crippen LogP contribution >= 0.6 is 11.3 Å². The van der Waals surface area contributed by atoms with E-state index in [0.717, 1.165) is 4.88 Å². The predicted octanol–water partition coefficient (Wildman–Crippen LogP) is 2.66. The predicted molar refractivity (Wildman–Crippen MR) is 90.7 cm³/mol. The minimum absolute atomic E-state index is 0.353. The Labute approximate surface area is 140 Å². The molecule has 23 heavy (non-hydrogen) atoms. The van der Waals surface area contributed by atoms with Crippen LogP contribution in [0.1, 0.15) is 24.3 Å². The van der Waals surface area contributed by atoms with Crippen molar-refractivity contribution in [2.75, 3.05) is 18.4 Å². The van der Waals surface area contributed by atoms with Crippen molar-refractivity contribution < 1.29 is 8.42 Å². The number of anilines is 1. The van der Waals surface area contributed by atoms with Gasteiger partial charge in [-0.2, -0.15) is 9.57 Å². The Balaban J connectivity index is 2.06. The minimum atomic E-state index is -3.40. The van der Waals surface area contributed by atoms with Crippen molar-refractivity contribution in [2.45, 2.75) is 24.6 Å². The summed E-state index contributed by atoms with van der Waals surface area (Å²) in [5.74, 6) is 0.644. The highest BCUT2D eigenvalue weighted by Crippen LogP contribution is 2.25. The van der Waals surface area contributed by atoms with Crippen molar-refractivity contribution in [1.82, 2.24) is 9.29 Å². The van der Waals surface area contributed by atoms with E-state index in [1.807, 2.05) is 19.9 Å². The van der Waals surface area contributed by atoms with Crippen LogP contribution in [0.3, 0.4) is 0 Å². The molecule has 0 aliphatic carbocycles. The second kappa shape index (κ2) is 7.55. The van der Waals surface area contributed by atoms with Gasteiger partial charge in [0.2, 0.25) is 0 Å². The molecule has 1 N–H and O–H groups in total. The van der Waals surface area contributed by atoms with Gasteiger partial charge in [0.05, 0.1) is 12.1 Å². The van der Waals surface area contributed by atoms with Gasteiger partial charge in [-0.25, -0.2) is 13.4 Å². The number of hydrogen-bond acceptors (Lipinski definition) is 6. The molecule has 0 aliphatic rings. The van der Waals surface area contributed by atoms with Crippen molar-refractivity contribution in [3.05, 3.63) is 40.9 Å². The summed E-state index contributed by atoms with van der Waals surface area (Å²) in [5.41, 5.74) is 0.499. The van der Waals surface area contributed by atoms with Gasteiger partial charge < -0.3 is 5.32 Å². The molecule has 6 nitrogen and oxygen atoms in total. The van der Waals surface area contributed by atoms with E-state index >= 15 is 0 Å². The molecule has 0 aliphatic heterocycles. The van der Waals surface area contributed by atoms with Gasteiger partial charge in [-0.1, -0.05) is 13.8 Å². The van der Waals surface area contributed by atoms with Crippen LogP contribution in [0.25, 0.3) is 0 Å². The molecule has 0 bridgehead atoms. The molecule has 122 valence electrons. The first kappa shape index (κ1) is 17.4. The highest BCUT2D eigenvalue weighted by Gasteiger charge is 2.23. The van der Waals surface area contributed by atoms with Gasteiger partial charge >= 0.3 is 0 Å². The van der Waals surface area contributed by atoms with E-state index in [1.54, 1.807) is 24.3 Å². The molecule has 0 amide bonds. The van der Waals surface area contributed by atoms with Crippen LogP contribution in [0, 0.1) is 11.3 Å². The fourth-order valence-electron chi connectivity index (χ4n) is 2.02. The first-order chi connectivity index (χ1) is 11.0. The molecular formula is C15H18N4O2S2. The quantitative estimate of drug-likeness (QED) is 0.829. The van der Waals surface area contributed by atoms with Gasteiger partial charge in [0.1, 0.15) is 16.1 Å². The molecule has 2 rings (SSSR count). The summed E-state index contributed by atoms with van der Waals surface area (Å²) in [6, 6.07) is 8.86. The van der Waals surface area contributed by atoms with E-state index in [9.17, 15) is 8.42 Å². The molecule has 0 atom stereocenters. The summed E-state index contributed by atoms with van der Waals surface area (Å²) in [5, 5.41) is 11.8. The standard InChI is InChI=1S/C15H18N4O2S2/c1-3-19(4-2)23(20,21)15-8-6-13(22-15)11-18-14-7-5-12(9-16)10-17-14/h5-8,10H,3-4,11H2,1-2H3,(H,17,18). The number of rotatable bonds is 7. The van der Waals surface area contributed by atoms with Crippen LogP contribution in [-0.4, -0.2) is 30.8 Å². The number of hydrogen-bond donors (Lipinski definition) is 1. The number of nitriles is 1. The second-order valence-corrected chi connectivity index (χ2v) is 8.04. The lowest BCUT2D eigenvalue weighted by molar-refractivity contribution is 0.447. The first-order valence-corrected chi connectivity index (χ1v) is 9.45. The minimum Gasteiger partial charge on any atom is -0.365 e. The molecule has 0 saturated carbocycles. The number of thiophene rings is 1. The molecule has 0 saturated heterocycles. The van der Waals surface area contributed by atoms with Gasteiger partial charge in [0.15, 0.2) is 0 Å². The van der Waals surface area contributed by atoms with E-state index in [0.29, 0.717) is 35.2 Å². The van der Waals surface area contributed by atoms with Crippen molar-refractivity contribution in [3.63, 3.8) is 0 Å². The summed E-state index contributed by atoms with van der Waals surface area (Å²) >= 11 is 1.25. The average molecular weight is 350 g/mol. The summed E-state index contributed by atoms with van der Waals surface area (Å²) in [7, 11) is -3.40. The van der Waals surface area contributed by atoms with Gasteiger partial charge in [-0.3, -0.25) is 0 Å². The molecule has 0 fully saturated rings. The Bertz CT molecular complexity index is 788. The summed E-state index contributed by atoms with van der Waals surface area (Å²) in [6.07, 6.45) is 1.49. The maximum Gasteiger partial charge on any atom is 0.252 e. The summed E-state index contributed by atoms with van der Waals surface area (Å²) in [6.45, 7) is 5.05. The van der Waals surface area contributed by atoms with Gasteiger partial charge in [0, 0.05) is 24.2 Å². The number of nitrogens with one attached hydrogen (secondary N) is 1. The zero-order valence-corrected chi connectivity index (χ0v) is 14.6. The van der Waals surface area contributed by atoms with Crippen LogP contribution in [0.2, 0.25) is 0 Å². The number of nitrogens with zero attached hydrogens (tertiary/aromatic N) is 3. The van der Waals surface area contributed by atoms with E-state index in [1.165, 1.54) is 21.8 Å². The summed E-state index contributed by atoms with van der Waals surface area (Å²) < 4.78 is 26.6. The second-order valence-electron chi connectivity index (χ2n) is 4.71. The zero-order chi connectivity index (χ0) is 16.9. The number of aromatic nitrogens is 1. The van der Waals surface area contributed by atoms with Gasteiger partial charge in [0.25, 0.3) is 10.0 Å². The van der Waals surface area contributed by atoms with Crippen LogP contribution in [0.4, 0.5) is 5.82 Å². The molecule has 0 radical (unpaired) electrons. The maximum atomic E-state index is 12.4. The Morgan fingerprint density at radius 3 is 2.57 bits per heavy atom. The largest absolute Gasteiger partial charge is 0.365 e. The van der Waals surface area contributed by atoms with E-state index in [4.69, 9.17) is 5.26 Å². The lowest BCUT2D eigenvalue weighted by Crippen LogP contribution is -2.29. The fourth-order valence-corrected chi connectivity index (χ4v) is 4.93. The Hall–Kier alpha value is -1.95. The highest BCUT2D eigenvalue weighted by atomic mass is 32.2. The lowest BCUT2D eigenvalue weighted by Gasteiger charge is -2.16. The van der Waals surface area contributed by atoms with E-state index in [2.05, 4.69) is 10.3 Å². The molecule has 2 heterocycles. The SMILES string of the molecule is CCN(CC)S(=O)(=O)c1ccc(CNc2ccc(C#N)cn2)s1. The molecule has 8 heteroatoms. The molecular weight excluding hydrogens is 332 g/mol. The maximum absolute atomic E-state index is 12.4. The zero-order valence-electron chi connectivity index (χ0n) is 13.0. The number of sulfonamides is 1. The van der Waals surface area contributed by atoms with Crippen LogP contribution < -0.4 is 5.32 Å². The van der Waals surface area contributed by atoms with E-state index < -0.39 is 10.0 Å².